The molecule has 1 aliphatic heterocycles. The number of ether oxygens (including phenoxy) is 1. The Morgan fingerprint density at radius 1 is 1.56 bits per heavy atom. The molecular formula is C12H16ClN3O2. The van der Waals surface area contributed by atoms with Crippen molar-refractivity contribution < 1.29 is 9.53 Å². The van der Waals surface area contributed by atoms with Crippen LogP contribution in [-0.2, 0) is 9.53 Å². The molecule has 5 nitrogen and oxygen atoms in total. The highest BCUT2D eigenvalue weighted by molar-refractivity contribution is 6.29. The van der Waals surface area contributed by atoms with Crippen LogP contribution in [0.15, 0.2) is 12.1 Å². The van der Waals surface area contributed by atoms with Gasteiger partial charge in [0.1, 0.15) is 0 Å². The number of carbonyl (C=O) groups excluding carboxylic acids is 1. The third-order valence-electron chi connectivity index (χ3n) is 2.98. The van der Waals surface area contributed by atoms with Gasteiger partial charge in [0.25, 0.3) is 0 Å². The number of piperidine rings is 1. The molecule has 2 rings (SSSR count). The monoisotopic (exact) mass is 269 g/mol. The molecule has 0 saturated carbocycles. The second kappa shape index (κ2) is 6.00. The first kappa shape index (κ1) is 13.1. The minimum Gasteiger partial charge on any atom is -0.466 e. The van der Waals surface area contributed by atoms with Gasteiger partial charge in [-0.3, -0.25) is 4.79 Å². The molecule has 1 aromatic heterocycles. The van der Waals surface area contributed by atoms with Gasteiger partial charge in [0.05, 0.1) is 12.5 Å². The van der Waals surface area contributed by atoms with Crippen LogP contribution in [0.2, 0.25) is 5.15 Å². The fourth-order valence-electron chi connectivity index (χ4n) is 2.12. The van der Waals surface area contributed by atoms with Gasteiger partial charge in [0, 0.05) is 13.1 Å². The highest BCUT2D eigenvalue weighted by Crippen LogP contribution is 2.22. The summed E-state index contributed by atoms with van der Waals surface area (Å²) in [5, 5.41) is 8.22. The van der Waals surface area contributed by atoms with E-state index in [1.54, 1.807) is 6.07 Å². The molecule has 0 N–H and O–H groups in total. The van der Waals surface area contributed by atoms with Crippen molar-refractivity contribution in [3.8, 4) is 0 Å². The molecule has 2 heterocycles. The van der Waals surface area contributed by atoms with Crippen molar-refractivity contribution in [2.75, 3.05) is 24.6 Å². The molecule has 0 amide bonds. The largest absolute Gasteiger partial charge is 0.466 e. The van der Waals surface area contributed by atoms with Gasteiger partial charge < -0.3 is 9.64 Å². The third-order valence-corrected chi connectivity index (χ3v) is 3.18. The van der Waals surface area contributed by atoms with Crippen LogP contribution in [0.25, 0.3) is 0 Å². The van der Waals surface area contributed by atoms with Gasteiger partial charge in [-0.15, -0.1) is 10.2 Å². The lowest BCUT2D eigenvalue weighted by atomic mass is 9.98. The van der Waals surface area contributed by atoms with Crippen LogP contribution in [-0.4, -0.2) is 35.9 Å². The summed E-state index contributed by atoms with van der Waals surface area (Å²) in [7, 11) is 0. The Morgan fingerprint density at radius 2 is 2.39 bits per heavy atom. The van der Waals surface area contributed by atoms with E-state index in [1.165, 1.54) is 0 Å². The summed E-state index contributed by atoms with van der Waals surface area (Å²) >= 11 is 5.70. The molecule has 0 unspecified atom stereocenters. The van der Waals surface area contributed by atoms with Crippen LogP contribution in [0.1, 0.15) is 19.8 Å². The van der Waals surface area contributed by atoms with E-state index in [1.807, 2.05) is 13.0 Å². The lowest BCUT2D eigenvalue weighted by molar-refractivity contribution is -0.148. The molecule has 0 aromatic carbocycles. The molecule has 0 radical (unpaired) electrons. The summed E-state index contributed by atoms with van der Waals surface area (Å²) < 4.78 is 5.06. The molecular weight excluding hydrogens is 254 g/mol. The van der Waals surface area contributed by atoms with E-state index in [0.29, 0.717) is 18.3 Å². The quantitative estimate of drug-likeness (QED) is 0.785. The van der Waals surface area contributed by atoms with Gasteiger partial charge in [-0.2, -0.15) is 0 Å². The average Bonchev–Trinajstić information content (AvgIpc) is 2.40. The average molecular weight is 270 g/mol. The van der Waals surface area contributed by atoms with Crippen LogP contribution in [0.3, 0.4) is 0 Å². The van der Waals surface area contributed by atoms with E-state index < -0.39 is 0 Å². The summed E-state index contributed by atoms with van der Waals surface area (Å²) in [4.78, 5) is 13.8. The lowest BCUT2D eigenvalue weighted by Gasteiger charge is -2.31. The number of carbonyl (C=O) groups is 1. The van der Waals surface area contributed by atoms with E-state index in [-0.39, 0.29) is 11.9 Å². The van der Waals surface area contributed by atoms with Gasteiger partial charge in [-0.25, -0.2) is 0 Å². The highest BCUT2D eigenvalue weighted by Gasteiger charge is 2.27. The Balaban J connectivity index is 2.02. The van der Waals surface area contributed by atoms with Crippen molar-refractivity contribution in [2.24, 2.45) is 5.92 Å². The molecule has 1 aliphatic rings. The Labute approximate surface area is 111 Å². The first-order valence-electron chi connectivity index (χ1n) is 6.11. The maximum absolute atomic E-state index is 11.7. The van der Waals surface area contributed by atoms with Crippen LogP contribution >= 0.6 is 11.6 Å². The Kier molecular flexibility index (Phi) is 4.36. The zero-order chi connectivity index (χ0) is 13.0. The van der Waals surface area contributed by atoms with Crippen LogP contribution in [0.5, 0.6) is 0 Å². The summed E-state index contributed by atoms with van der Waals surface area (Å²) in [6.07, 6.45) is 1.82. The summed E-state index contributed by atoms with van der Waals surface area (Å²) in [5.74, 6) is 0.564. The van der Waals surface area contributed by atoms with Crippen LogP contribution < -0.4 is 4.90 Å². The van der Waals surface area contributed by atoms with Crippen molar-refractivity contribution in [1.29, 1.82) is 0 Å². The number of rotatable bonds is 3. The normalized spacial score (nSPS) is 19.7. The Hall–Kier alpha value is -1.36. The molecule has 1 atom stereocenters. The van der Waals surface area contributed by atoms with Gasteiger partial charge in [-0.05, 0) is 31.9 Å². The van der Waals surface area contributed by atoms with Crippen molar-refractivity contribution in [3.63, 3.8) is 0 Å². The number of anilines is 1. The minimum absolute atomic E-state index is 0.0730. The second-order valence-electron chi connectivity index (χ2n) is 4.25. The van der Waals surface area contributed by atoms with Gasteiger partial charge in [0.2, 0.25) is 0 Å². The maximum Gasteiger partial charge on any atom is 0.310 e. The van der Waals surface area contributed by atoms with E-state index >= 15 is 0 Å². The van der Waals surface area contributed by atoms with Crippen molar-refractivity contribution in [3.05, 3.63) is 17.3 Å². The van der Waals surface area contributed by atoms with E-state index in [0.717, 1.165) is 25.2 Å². The topological polar surface area (TPSA) is 55.3 Å². The highest BCUT2D eigenvalue weighted by atomic mass is 35.5. The predicted molar refractivity (Wildman–Crippen MR) is 68.6 cm³/mol. The zero-order valence-electron chi connectivity index (χ0n) is 10.3. The van der Waals surface area contributed by atoms with Crippen LogP contribution in [0, 0.1) is 5.92 Å². The lowest BCUT2D eigenvalue weighted by Crippen LogP contribution is -2.39. The third kappa shape index (κ3) is 3.10. The Bertz CT molecular complexity index is 410. The molecule has 1 fully saturated rings. The summed E-state index contributed by atoms with van der Waals surface area (Å²) in [6, 6.07) is 3.53. The molecule has 1 aromatic rings. The maximum atomic E-state index is 11.7. The number of nitrogens with zero attached hydrogens (tertiary/aromatic N) is 3. The smallest absolute Gasteiger partial charge is 0.310 e. The van der Waals surface area contributed by atoms with E-state index in [4.69, 9.17) is 16.3 Å². The fraction of sp³-hybridized carbons (Fsp3) is 0.583. The van der Waals surface area contributed by atoms with Crippen LogP contribution in [0.4, 0.5) is 5.82 Å². The first-order valence-corrected chi connectivity index (χ1v) is 6.49. The Morgan fingerprint density at radius 3 is 3.06 bits per heavy atom. The number of hydrogen-bond acceptors (Lipinski definition) is 5. The molecule has 0 aliphatic carbocycles. The number of hydrogen-bond donors (Lipinski definition) is 0. The molecule has 18 heavy (non-hydrogen) atoms. The van der Waals surface area contributed by atoms with Gasteiger partial charge >= 0.3 is 5.97 Å². The summed E-state index contributed by atoms with van der Waals surface area (Å²) in [6.45, 7) is 3.76. The van der Waals surface area contributed by atoms with Crippen molar-refractivity contribution in [2.45, 2.75) is 19.8 Å². The van der Waals surface area contributed by atoms with E-state index in [2.05, 4.69) is 15.1 Å². The van der Waals surface area contributed by atoms with Crippen molar-refractivity contribution in [1.82, 2.24) is 10.2 Å². The van der Waals surface area contributed by atoms with Gasteiger partial charge in [-0.1, -0.05) is 11.6 Å². The molecule has 0 bridgehead atoms. The number of halogens is 1. The molecule has 6 heteroatoms. The SMILES string of the molecule is CCOC(=O)[C@H]1CCCN(c2ccc(Cl)nn2)C1. The standard InChI is InChI=1S/C12H16ClN3O2/c1-2-18-12(17)9-4-3-7-16(8-9)11-6-5-10(13)14-15-11/h5-6,9H,2-4,7-8H2,1H3/t9-/m0/s1. The summed E-state index contributed by atoms with van der Waals surface area (Å²) in [5.41, 5.74) is 0. The van der Waals surface area contributed by atoms with Gasteiger partial charge in [0.15, 0.2) is 11.0 Å². The first-order chi connectivity index (χ1) is 8.70. The molecule has 98 valence electrons. The zero-order valence-corrected chi connectivity index (χ0v) is 11.1. The van der Waals surface area contributed by atoms with Crippen molar-refractivity contribution >= 4 is 23.4 Å². The minimum atomic E-state index is -0.121. The van der Waals surface area contributed by atoms with E-state index in [9.17, 15) is 4.79 Å². The second-order valence-corrected chi connectivity index (χ2v) is 4.64. The fourth-order valence-corrected chi connectivity index (χ4v) is 2.22. The number of esters is 1. The molecule has 1 saturated heterocycles. The number of aromatic nitrogens is 2. The predicted octanol–water partition coefficient (Wildman–Crippen LogP) is 1.91. The molecule has 0 spiro atoms.